The van der Waals surface area contributed by atoms with E-state index in [0.717, 1.165) is 24.5 Å². The highest BCUT2D eigenvalue weighted by Crippen LogP contribution is 2.23. The lowest BCUT2D eigenvalue weighted by molar-refractivity contribution is -0.138. The zero-order valence-corrected chi connectivity index (χ0v) is 17.0. The summed E-state index contributed by atoms with van der Waals surface area (Å²) in [6.07, 6.45) is 3.58. The molecule has 0 bridgehead atoms. The number of carboxylic acids is 1. The van der Waals surface area contributed by atoms with E-state index in [0.29, 0.717) is 29.2 Å². The maximum absolute atomic E-state index is 13.3. The van der Waals surface area contributed by atoms with Crippen LogP contribution in [-0.2, 0) is 11.4 Å². The van der Waals surface area contributed by atoms with Gasteiger partial charge in [-0.25, -0.2) is 23.5 Å². The fraction of sp³-hybridized carbons (Fsp3) is 0.261. The van der Waals surface area contributed by atoms with Gasteiger partial charge in [-0.05, 0) is 48.4 Å². The SMILES string of the molecule is CCCC[C@H](Nc1cc(-c2ccc(OCc3cc(F)cc(F)c3)cc2)ncn1)C(=O)O. The first-order valence-corrected chi connectivity index (χ1v) is 9.94. The Morgan fingerprint density at radius 3 is 2.45 bits per heavy atom. The molecule has 0 amide bonds. The molecular formula is C23H23F2N3O3. The number of hydrogen-bond donors (Lipinski definition) is 2. The van der Waals surface area contributed by atoms with Gasteiger partial charge in [-0.1, -0.05) is 19.8 Å². The minimum atomic E-state index is -0.923. The van der Waals surface area contributed by atoms with Crippen molar-refractivity contribution in [1.29, 1.82) is 0 Å². The molecule has 1 heterocycles. The third kappa shape index (κ3) is 6.47. The maximum Gasteiger partial charge on any atom is 0.326 e. The second kappa shape index (κ2) is 10.5. The normalized spacial score (nSPS) is 11.7. The Labute approximate surface area is 178 Å². The van der Waals surface area contributed by atoms with E-state index in [9.17, 15) is 18.7 Å². The van der Waals surface area contributed by atoms with Crippen molar-refractivity contribution in [2.75, 3.05) is 5.32 Å². The number of aromatic nitrogens is 2. The van der Waals surface area contributed by atoms with Crippen LogP contribution in [0.25, 0.3) is 11.3 Å². The molecule has 0 radical (unpaired) electrons. The van der Waals surface area contributed by atoms with Crippen molar-refractivity contribution >= 4 is 11.8 Å². The molecule has 0 spiro atoms. The lowest BCUT2D eigenvalue weighted by atomic mass is 10.1. The highest BCUT2D eigenvalue weighted by molar-refractivity contribution is 5.77. The summed E-state index contributed by atoms with van der Waals surface area (Å²) in [6, 6.07) is 11.3. The second-order valence-corrected chi connectivity index (χ2v) is 7.06. The van der Waals surface area contributed by atoms with Crippen LogP contribution in [0.2, 0.25) is 0 Å². The summed E-state index contributed by atoms with van der Waals surface area (Å²) in [5.74, 6) is -1.26. The van der Waals surface area contributed by atoms with Crippen molar-refractivity contribution in [3.63, 3.8) is 0 Å². The smallest absolute Gasteiger partial charge is 0.326 e. The van der Waals surface area contributed by atoms with Crippen LogP contribution in [0.3, 0.4) is 0 Å². The first-order chi connectivity index (χ1) is 14.9. The number of nitrogens with zero attached hydrogens (tertiary/aromatic N) is 2. The average molecular weight is 427 g/mol. The molecule has 1 aromatic heterocycles. The van der Waals surface area contributed by atoms with Crippen LogP contribution in [0.4, 0.5) is 14.6 Å². The lowest BCUT2D eigenvalue weighted by Crippen LogP contribution is -2.29. The van der Waals surface area contributed by atoms with E-state index in [2.05, 4.69) is 15.3 Å². The van der Waals surface area contributed by atoms with Crippen molar-refractivity contribution in [3.8, 4) is 17.0 Å². The summed E-state index contributed by atoms with van der Waals surface area (Å²) >= 11 is 0. The summed E-state index contributed by atoms with van der Waals surface area (Å²) in [4.78, 5) is 19.8. The molecule has 162 valence electrons. The second-order valence-electron chi connectivity index (χ2n) is 7.06. The fourth-order valence-corrected chi connectivity index (χ4v) is 3.02. The predicted molar refractivity (Wildman–Crippen MR) is 113 cm³/mol. The largest absolute Gasteiger partial charge is 0.489 e. The minimum absolute atomic E-state index is 0.0317. The van der Waals surface area contributed by atoms with E-state index in [-0.39, 0.29) is 6.61 Å². The molecule has 0 aliphatic rings. The number of carbonyl (C=O) groups is 1. The number of halogens is 2. The average Bonchev–Trinajstić information content (AvgIpc) is 2.75. The van der Waals surface area contributed by atoms with E-state index in [1.807, 2.05) is 6.92 Å². The predicted octanol–water partition coefficient (Wildman–Crippen LogP) is 5.06. The first kappa shape index (κ1) is 22.1. The summed E-state index contributed by atoms with van der Waals surface area (Å²) in [5.41, 5.74) is 1.80. The zero-order valence-electron chi connectivity index (χ0n) is 17.0. The third-order valence-corrected chi connectivity index (χ3v) is 4.61. The standard InChI is InChI=1S/C23H23F2N3O3/c1-2-3-4-20(23(29)30)28-22-12-21(26-14-27-22)16-5-7-19(8-6-16)31-13-15-9-17(24)11-18(25)10-15/h5-12,14,20H,2-4,13H2,1H3,(H,29,30)(H,26,27,28)/t20-/m0/s1. The fourth-order valence-electron chi connectivity index (χ4n) is 3.02. The molecule has 2 N–H and O–H groups in total. The third-order valence-electron chi connectivity index (χ3n) is 4.61. The van der Waals surface area contributed by atoms with Crippen molar-refractivity contribution in [1.82, 2.24) is 9.97 Å². The highest BCUT2D eigenvalue weighted by Gasteiger charge is 2.17. The van der Waals surface area contributed by atoms with Crippen LogP contribution < -0.4 is 10.1 Å². The Morgan fingerprint density at radius 2 is 1.81 bits per heavy atom. The summed E-state index contributed by atoms with van der Waals surface area (Å²) < 4.78 is 32.1. The minimum Gasteiger partial charge on any atom is -0.489 e. The van der Waals surface area contributed by atoms with Gasteiger partial charge in [-0.2, -0.15) is 0 Å². The molecule has 0 saturated heterocycles. The molecule has 1 atom stereocenters. The van der Waals surface area contributed by atoms with E-state index >= 15 is 0 Å². The van der Waals surface area contributed by atoms with Crippen LogP contribution >= 0.6 is 0 Å². The van der Waals surface area contributed by atoms with Crippen LogP contribution in [0, 0.1) is 11.6 Å². The van der Waals surface area contributed by atoms with Crippen LogP contribution in [0.5, 0.6) is 5.75 Å². The van der Waals surface area contributed by atoms with E-state index in [1.54, 1.807) is 30.3 Å². The van der Waals surface area contributed by atoms with Crippen molar-refractivity contribution in [2.45, 2.75) is 38.8 Å². The number of nitrogens with one attached hydrogen (secondary N) is 1. The van der Waals surface area contributed by atoms with E-state index in [1.165, 1.54) is 18.5 Å². The highest BCUT2D eigenvalue weighted by atomic mass is 19.1. The van der Waals surface area contributed by atoms with Gasteiger partial charge in [-0.15, -0.1) is 0 Å². The number of carboxylic acid groups (broad SMARTS) is 1. The topological polar surface area (TPSA) is 84.3 Å². The molecule has 6 nitrogen and oxygen atoms in total. The van der Waals surface area contributed by atoms with Crippen molar-refractivity contribution in [2.24, 2.45) is 0 Å². The Bertz CT molecular complexity index is 1010. The van der Waals surface area contributed by atoms with Gasteiger partial charge in [0.1, 0.15) is 42.2 Å². The van der Waals surface area contributed by atoms with Gasteiger partial charge in [-0.3, -0.25) is 0 Å². The van der Waals surface area contributed by atoms with E-state index in [4.69, 9.17) is 4.74 Å². The Balaban J connectivity index is 1.66. The molecule has 31 heavy (non-hydrogen) atoms. The van der Waals surface area contributed by atoms with Crippen LogP contribution in [0.1, 0.15) is 31.7 Å². The molecule has 8 heteroatoms. The van der Waals surface area contributed by atoms with Gasteiger partial charge in [0.25, 0.3) is 0 Å². The summed E-state index contributed by atoms with van der Waals surface area (Å²) in [7, 11) is 0. The molecule has 0 aliphatic heterocycles. The van der Waals surface area contributed by atoms with Crippen molar-refractivity contribution < 1.29 is 23.4 Å². The van der Waals surface area contributed by atoms with Crippen LogP contribution in [0.15, 0.2) is 54.9 Å². The van der Waals surface area contributed by atoms with Crippen LogP contribution in [-0.4, -0.2) is 27.1 Å². The molecule has 3 rings (SSSR count). The van der Waals surface area contributed by atoms with Gasteiger partial charge in [0.15, 0.2) is 0 Å². The number of hydrogen-bond acceptors (Lipinski definition) is 5. The number of benzene rings is 2. The Kier molecular flexibility index (Phi) is 7.48. The number of aliphatic carboxylic acids is 1. The summed E-state index contributed by atoms with van der Waals surface area (Å²) in [5, 5.41) is 12.3. The van der Waals surface area contributed by atoms with Crippen molar-refractivity contribution in [3.05, 3.63) is 72.1 Å². The van der Waals surface area contributed by atoms with Gasteiger partial charge < -0.3 is 15.2 Å². The molecule has 0 fully saturated rings. The number of unbranched alkanes of at least 4 members (excludes halogenated alkanes) is 1. The van der Waals surface area contributed by atoms with Gasteiger partial charge >= 0.3 is 5.97 Å². The number of anilines is 1. The first-order valence-electron chi connectivity index (χ1n) is 9.94. The Morgan fingerprint density at radius 1 is 1.10 bits per heavy atom. The van der Waals surface area contributed by atoms with E-state index < -0.39 is 23.6 Å². The molecule has 0 aliphatic carbocycles. The number of rotatable bonds is 10. The molecule has 0 unspecified atom stereocenters. The van der Waals surface area contributed by atoms with Gasteiger partial charge in [0, 0.05) is 17.7 Å². The van der Waals surface area contributed by atoms with Gasteiger partial charge in [0.05, 0.1) is 5.69 Å². The molecule has 3 aromatic rings. The lowest BCUT2D eigenvalue weighted by Gasteiger charge is -2.15. The number of ether oxygens (including phenoxy) is 1. The van der Waals surface area contributed by atoms with Gasteiger partial charge in [0.2, 0.25) is 0 Å². The maximum atomic E-state index is 13.3. The Hall–Kier alpha value is -3.55. The molecule has 2 aromatic carbocycles. The summed E-state index contributed by atoms with van der Waals surface area (Å²) in [6.45, 7) is 2.04. The molecule has 0 saturated carbocycles. The quantitative estimate of drug-likeness (QED) is 0.471. The molecular weight excluding hydrogens is 404 g/mol. The monoisotopic (exact) mass is 427 g/mol. The zero-order chi connectivity index (χ0) is 22.2.